The molecule has 18 heavy (non-hydrogen) atoms. The number of nitrogens with two attached hydrogens (primary N) is 1. The molecule has 0 aliphatic heterocycles. The fourth-order valence-corrected chi connectivity index (χ4v) is 1.40. The minimum absolute atomic E-state index is 0.0340. The van der Waals surface area contributed by atoms with Crippen LogP contribution in [-0.2, 0) is 0 Å². The summed E-state index contributed by atoms with van der Waals surface area (Å²) in [5.41, 5.74) is 5.29. The van der Waals surface area contributed by atoms with Crippen molar-refractivity contribution in [1.82, 2.24) is 10.2 Å². The lowest BCUT2D eigenvalue weighted by Crippen LogP contribution is -2.15. The number of nitrogens with zero attached hydrogens (tertiary/aromatic N) is 2. The van der Waals surface area contributed by atoms with Crippen LogP contribution in [0.5, 0.6) is 0 Å². The Morgan fingerprint density at radius 1 is 1.28 bits per heavy atom. The highest BCUT2D eigenvalue weighted by atomic mass is 35.5. The number of anilines is 2. The third kappa shape index (κ3) is 2.54. The molecule has 0 radical (unpaired) electrons. The van der Waals surface area contributed by atoms with Crippen LogP contribution in [0.2, 0.25) is 5.15 Å². The van der Waals surface area contributed by atoms with Crippen molar-refractivity contribution in [2.45, 2.75) is 0 Å². The minimum Gasteiger partial charge on any atom is -0.396 e. The smallest absolute Gasteiger partial charge is 0.259 e. The van der Waals surface area contributed by atoms with Gasteiger partial charge in [-0.25, -0.2) is 4.39 Å². The molecule has 0 saturated heterocycles. The van der Waals surface area contributed by atoms with E-state index in [-0.39, 0.29) is 22.2 Å². The lowest BCUT2D eigenvalue weighted by atomic mass is 10.1. The summed E-state index contributed by atoms with van der Waals surface area (Å²) < 4.78 is 13.2. The van der Waals surface area contributed by atoms with E-state index in [1.165, 1.54) is 30.3 Å². The number of nitrogen functional groups attached to an aromatic ring is 1. The maximum Gasteiger partial charge on any atom is 0.259 e. The molecule has 5 nitrogen and oxygen atoms in total. The summed E-state index contributed by atoms with van der Waals surface area (Å²) in [7, 11) is 0. The van der Waals surface area contributed by atoms with Crippen molar-refractivity contribution >= 4 is 29.0 Å². The van der Waals surface area contributed by atoms with E-state index in [9.17, 15) is 9.18 Å². The van der Waals surface area contributed by atoms with E-state index in [0.717, 1.165) is 0 Å². The van der Waals surface area contributed by atoms with Gasteiger partial charge in [-0.2, -0.15) is 0 Å². The summed E-state index contributed by atoms with van der Waals surface area (Å²) in [5, 5.41) is 9.85. The fraction of sp³-hybridized carbons (Fsp3) is 0. The van der Waals surface area contributed by atoms with Gasteiger partial charge in [-0.1, -0.05) is 17.7 Å². The summed E-state index contributed by atoms with van der Waals surface area (Å²) >= 11 is 5.56. The summed E-state index contributed by atoms with van der Waals surface area (Å²) in [6.07, 6.45) is 0. The third-order valence-corrected chi connectivity index (χ3v) is 2.37. The molecule has 1 amide bonds. The number of para-hydroxylation sites is 1. The second-order valence-electron chi connectivity index (χ2n) is 3.40. The van der Waals surface area contributed by atoms with Crippen molar-refractivity contribution < 1.29 is 9.18 Å². The number of amides is 1. The zero-order valence-electron chi connectivity index (χ0n) is 9.02. The number of carbonyl (C=O) groups is 1. The van der Waals surface area contributed by atoms with Crippen LogP contribution < -0.4 is 11.1 Å². The Labute approximate surface area is 107 Å². The molecule has 2 aromatic rings. The first kappa shape index (κ1) is 12.3. The van der Waals surface area contributed by atoms with Crippen molar-refractivity contribution in [2.75, 3.05) is 11.1 Å². The van der Waals surface area contributed by atoms with Gasteiger partial charge in [0.05, 0.1) is 11.3 Å². The highest BCUT2D eigenvalue weighted by Crippen LogP contribution is 2.17. The Kier molecular flexibility index (Phi) is 3.38. The van der Waals surface area contributed by atoms with Crippen LogP contribution in [0.4, 0.5) is 15.9 Å². The van der Waals surface area contributed by atoms with Crippen molar-refractivity contribution in [3.05, 3.63) is 46.9 Å². The van der Waals surface area contributed by atoms with E-state index >= 15 is 0 Å². The average Bonchev–Trinajstić information content (AvgIpc) is 2.35. The van der Waals surface area contributed by atoms with Crippen LogP contribution in [0.25, 0.3) is 0 Å². The molecular formula is C11H8ClFN4O. The number of aromatic nitrogens is 2. The van der Waals surface area contributed by atoms with Crippen molar-refractivity contribution in [2.24, 2.45) is 0 Å². The van der Waals surface area contributed by atoms with Gasteiger partial charge in [0.1, 0.15) is 5.82 Å². The van der Waals surface area contributed by atoms with Crippen LogP contribution in [0.3, 0.4) is 0 Å². The normalized spacial score (nSPS) is 10.1. The van der Waals surface area contributed by atoms with E-state index in [1.54, 1.807) is 0 Å². The molecule has 0 saturated carbocycles. The molecule has 2 rings (SSSR count). The molecule has 0 bridgehead atoms. The van der Waals surface area contributed by atoms with Crippen molar-refractivity contribution in [3.8, 4) is 0 Å². The average molecular weight is 267 g/mol. The Morgan fingerprint density at radius 2 is 2.06 bits per heavy atom. The summed E-state index contributed by atoms with van der Waals surface area (Å²) in [6, 6.07) is 6.93. The van der Waals surface area contributed by atoms with Crippen LogP contribution in [0.15, 0.2) is 30.3 Å². The fourth-order valence-electron chi connectivity index (χ4n) is 1.30. The standard InChI is InChI=1S/C11H8ClFN4O/c12-8-4-5-9(17-16-8)15-11(18)6-2-1-3-7(13)10(6)14/h1-5H,14H2,(H,15,17,18). The molecule has 0 unspecified atom stereocenters. The molecule has 3 N–H and O–H groups in total. The lowest BCUT2D eigenvalue weighted by Gasteiger charge is -2.06. The minimum atomic E-state index is -0.648. The van der Waals surface area contributed by atoms with Crippen LogP contribution >= 0.6 is 11.6 Å². The van der Waals surface area contributed by atoms with E-state index < -0.39 is 11.7 Å². The Morgan fingerprint density at radius 3 is 2.72 bits per heavy atom. The van der Waals surface area contributed by atoms with Crippen LogP contribution in [-0.4, -0.2) is 16.1 Å². The first-order chi connectivity index (χ1) is 8.58. The predicted molar refractivity (Wildman–Crippen MR) is 65.8 cm³/mol. The molecule has 0 spiro atoms. The monoisotopic (exact) mass is 266 g/mol. The summed E-state index contributed by atoms with van der Waals surface area (Å²) in [4.78, 5) is 11.8. The number of hydrogen-bond acceptors (Lipinski definition) is 4. The molecule has 1 aromatic carbocycles. The quantitative estimate of drug-likeness (QED) is 0.816. The van der Waals surface area contributed by atoms with Crippen molar-refractivity contribution in [1.29, 1.82) is 0 Å². The Balaban J connectivity index is 2.22. The SMILES string of the molecule is Nc1c(F)cccc1C(=O)Nc1ccc(Cl)nn1. The topological polar surface area (TPSA) is 80.9 Å². The molecule has 0 aliphatic carbocycles. The second-order valence-corrected chi connectivity index (χ2v) is 3.78. The highest BCUT2D eigenvalue weighted by molar-refractivity contribution is 6.29. The van der Waals surface area contributed by atoms with Gasteiger partial charge in [0, 0.05) is 0 Å². The van der Waals surface area contributed by atoms with Gasteiger partial charge < -0.3 is 11.1 Å². The van der Waals surface area contributed by atoms with Gasteiger partial charge in [-0.05, 0) is 24.3 Å². The summed E-state index contributed by atoms with van der Waals surface area (Å²) in [6.45, 7) is 0. The van der Waals surface area contributed by atoms with Gasteiger partial charge in [0.25, 0.3) is 5.91 Å². The highest BCUT2D eigenvalue weighted by Gasteiger charge is 2.13. The van der Waals surface area contributed by atoms with E-state index in [2.05, 4.69) is 15.5 Å². The Hall–Kier alpha value is -2.21. The molecule has 92 valence electrons. The number of benzene rings is 1. The summed E-state index contributed by atoms with van der Waals surface area (Å²) in [5.74, 6) is -1.01. The molecule has 1 aromatic heterocycles. The van der Waals surface area contributed by atoms with Crippen LogP contribution in [0.1, 0.15) is 10.4 Å². The third-order valence-electron chi connectivity index (χ3n) is 2.17. The number of halogens is 2. The number of hydrogen-bond donors (Lipinski definition) is 2. The van der Waals surface area contributed by atoms with Gasteiger partial charge >= 0.3 is 0 Å². The molecule has 7 heteroatoms. The second kappa shape index (κ2) is 4.97. The molecule has 0 aliphatic rings. The molecule has 0 atom stereocenters. The van der Waals surface area contributed by atoms with Gasteiger partial charge in [0.2, 0.25) is 0 Å². The van der Waals surface area contributed by atoms with E-state index in [4.69, 9.17) is 17.3 Å². The van der Waals surface area contributed by atoms with Crippen LogP contribution in [0, 0.1) is 5.82 Å². The maximum atomic E-state index is 13.2. The first-order valence-electron chi connectivity index (χ1n) is 4.92. The van der Waals surface area contributed by atoms with Gasteiger partial charge in [-0.15, -0.1) is 10.2 Å². The Bertz CT molecular complexity index is 588. The van der Waals surface area contributed by atoms with Crippen molar-refractivity contribution in [3.63, 3.8) is 0 Å². The lowest BCUT2D eigenvalue weighted by molar-refractivity contribution is 0.102. The van der Waals surface area contributed by atoms with E-state index in [1.807, 2.05) is 0 Å². The number of rotatable bonds is 2. The first-order valence-corrected chi connectivity index (χ1v) is 5.30. The van der Waals surface area contributed by atoms with E-state index in [0.29, 0.717) is 0 Å². The molecule has 0 fully saturated rings. The zero-order valence-corrected chi connectivity index (χ0v) is 9.78. The van der Waals surface area contributed by atoms with Gasteiger partial charge in [-0.3, -0.25) is 4.79 Å². The maximum absolute atomic E-state index is 13.2. The number of nitrogens with one attached hydrogen (secondary N) is 1. The zero-order chi connectivity index (χ0) is 13.1. The molecular weight excluding hydrogens is 259 g/mol. The molecule has 1 heterocycles. The largest absolute Gasteiger partial charge is 0.396 e. The van der Waals surface area contributed by atoms with Gasteiger partial charge in [0.15, 0.2) is 11.0 Å². The predicted octanol–water partition coefficient (Wildman–Crippen LogP) is 2.10. The number of carbonyl (C=O) groups excluding carboxylic acids is 1.